The fourth-order valence-corrected chi connectivity index (χ4v) is 0.955. The van der Waals surface area contributed by atoms with Gasteiger partial charge in [-0.3, -0.25) is 4.79 Å². The van der Waals surface area contributed by atoms with Gasteiger partial charge in [-0.25, -0.2) is 8.78 Å². The van der Waals surface area contributed by atoms with Crippen molar-refractivity contribution in [1.29, 1.82) is 0 Å². The van der Waals surface area contributed by atoms with Crippen LogP contribution in [0.5, 0.6) is 0 Å². The molecule has 1 rings (SSSR count). The molecule has 0 aliphatic carbocycles. The first-order chi connectivity index (χ1) is 7.63. The molecule has 0 N–H and O–H groups in total. The molecule has 0 fully saturated rings. The first kappa shape index (κ1) is 12.7. The third-order valence-corrected chi connectivity index (χ3v) is 1.66. The minimum atomic E-state index is -3.01. The largest absolute Gasteiger partial charge is 0.373 e. The predicted molar refractivity (Wildman–Crippen MR) is 49.0 cm³/mol. The number of rotatable bonds is 7. The van der Waals surface area contributed by atoms with Gasteiger partial charge in [0.2, 0.25) is 11.7 Å². The number of carbonyl (C=O) groups excluding carboxylic acids is 1. The van der Waals surface area contributed by atoms with E-state index >= 15 is 0 Å². The quantitative estimate of drug-likeness (QED) is 0.666. The first-order valence-electron chi connectivity index (χ1n) is 4.83. The van der Waals surface area contributed by atoms with Crippen LogP contribution in [0.25, 0.3) is 0 Å². The number of Topliss-reactive ketones (excluding diaryl/α,β-unsaturated/α-hetero) is 1. The van der Waals surface area contributed by atoms with E-state index in [2.05, 4.69) is 14.7 Å². The molecular formula is C9H12F2N2O3. The van der Waals surface area contributed by atoms with Crippen LogP contribution < -0.4 is 0 Å². The number of hydrogen-bond acceptors (Lipinski definition) is 5. The number of ether oxygens (including phenoxy) is 1. The van der Waals surface area contributed by atoms with Crippen LogP contribution >= 0.6 is 0 Å². The summed E-state index contributed by atoms with van der Waals surface area (Å²) in [4.78, 5) is 14.4. The third kappa shape index (κ3) is 4.01. The number of halogens is 2. The maximum Gasteiger partial charge on any atom is 0.296 e. The highest BCUT2D eigenvalue weighted by atomic mass is 19.3. The lowest BCUT2D eigenvalue weighted by atomic mass is 10.3. The predicted octanol–water partition coefficient (Wildman–Crippen LogP) is 1.37. The van der Waals surface area contributed by atoms with Gasteiger partial charge in [0.25, 0.3) is 6.43 Å². The van der Waals surface area contributed by atoms with Crippen LogP contribution in [-0.2, 0) is 22.6 Å². The zero-order chi connectivity index (χ0) is 12.0. The summed E-state index contributed by atoms with van der Waals surface area (Å²) in [6, 6.07) is 0. The molecule has 0 saturated heterocycles. The summed E-state index contributed by atoms with van der Waals surface area (Å²) >= 11 is 0. The Labute approximate surface area is 90.8 Å². The Hall–Kier alpha value is -1.37. The number of hydrogen-bond donors (Lipinski definition) is 0. The molecule has 0 atom stereocenters. The molecule has 0 unspecified atom stereocenters. The zero-order valence-corrected chi connectivity index (χ0v) is 8.78. The van der Waals surface area contributed by atoms with Crippen molar-refractivity contribution in [2.75, 3.05) is 6.61 Å². The Bertz CT molecular complexity index is 341. The second-order valence-electron chi connectivity index (χ2n) is 3.10. The Morgan fingerprint density at radius 2 is 2.31 bits per heavy atom. The summed E-state index contributed by atoms with van der Waals surface area (Å²) in [5.74, 6) is -1.09. The monoisotopic (exact) mass is 234 g/mol. The highest BCUT2D eigenvalue weighted by Gasteiger charge is 2.19. The van der Waals surface area contributed by atoms with E-state index in [1.54, 1.807) is 0 Å². The van der Waals surface area contributed by atoms with Crippen molar-refractivity contribution in [1.82, 2.24) is 10.1 Å². The van der Waals surface area contributed by atoms with E-state index < -0.39 is 18.6 Å². The van der Waals surface area contributed by atoms with E-state index in [9.17, 15) is 13.6 Å². The van der Waals surface area contributed by atoms with Gasteiger partial charge in [0.05, 0.1) is 6.42 Å². The summed E-state index contributed by atoms with van der Waals surface area (Å²) in [6.45, 7) is 2.66. The molecule has 16 heavy (non-hydrogen) atoms. The lowest BCUT2D eigenvalue weighted by Crippen LogP contribution is -2.13. The number of ketones is 1. The second kappa shape index (κ2) is 6.26. The molecule has 5 nitrogen and oxygen atoms in total. The van der Waals surface area contributed by atoms with Crippen LogP contribution in [0.1, 0.15) is 25.1 Å². The SMILES string of the molecule is CCCOCc1noc(CC(=O)C(F)F)n1. The maximum atomic E-state index is 11.9. The van der Waals surface area contributed by atoms with E-state index in [-0.39, 0.29) is 18.3 Å². The van der Waals surface area contributed by atoms with E-state index in [1.807, 2.05) is 6.92 Å². The normalized spacial score (nSPS) is 11.0. The topological polar surface area (TPSA) is 65.2 Å². The number of alkyl halides is 2. The summed E-state index contributed by atoms with van der Waals surface area (Å²) in [6.07, 6.45) is -2.70. The van der Waals surface area contributed by atoms with Crippen LogP contribution in [0.4, 0.5) is 8.78 Å². The van der Waals surface area contributed by atoms with Gasteiger partial charge >= 0.3 is 0 Å². The second-order valence-corrected chi connectivity index (χ2v) is 3.10. The summed E-state index contributed by atoms with van der Waals surface area (Å²) < 4.78 is 33.5. The van der Waals surface area contributed by atoms with Crippen LogP contribution in [0.3, 0.4) is 0 Å². The molecular weight excluding hydrogens is 222 g/mol. The molecule has 0 amide bonds. The molecule has 1 heterocycles. The van der Waals surface area contributed by atoms with Gasteiger partial charge in [-0.05, 0) is 6.42 Å². The standard InChI is InChI=1S/C9H12F2N2O3/c1-2-3-15-5-7-12-8(16-13-7)4-6(14)9(10)11/h9H,2-5H2,1H3. The average molecular weight is 234 g/mol. The van der Waals surface area contributed by atoms with E-state index in [4.69, 9.17) is 4.74 Å². The van der Waals surface area contributed by atoms with Crippen molar-refractivity contribution in [2.45, 2.75) is 32.8 Å². The fourth-order valence-electron chi connectivity index (χ4n) is 0.955. The molecule has 1 aromatic rings. The lowest BCUT2D eigenvalue weighted by Gasteiger charge is -1.95. The van der Waals surface area contributed by atoms with Crippen molar-refractivity contribution >= 4 is 5.78 Å². The molecule has 90 valence electrons. The smallest absolute Gasteiger partial charge is 0.296 e. The number of aromatic nitrogens is 2. The van der Waals surface area contributed by atoms with E-state index in [0.29, 0.717) is 6.61 Å². The van der Waals surface area contributed by atoms with Crippen molar-refractivity contribution in [3.8, 4) is 0 Å². The van der Waals surface area contributed by atoms with Gasteiger partial charge in [0, 0.05) is 6.61 Å². The van der Waals surface area contributed by atoms with E-state index in [0.717, 1.165) is 6.42 Å². The molecule has 0 radical (unpaired) electrons. The first-order valence-corrected chi connectivity index (χ1v) is 4.83. The molecule has 0 spiro atoms. The fraction of sp³-hybridized carbons (Fsp3) is 0.667. The van der Waals surface area contributed by atoms with Gasteiger partial charge in [-0.15, -0.1) is 0 Å². The van der Waals surface area contributed by atoms with Gasteiger partial charge in [0.15, 0.2) is 5.82 Å². The molecule has 0 saturated carbocycles. The van der Waals surface area contributed by atoms with Gasteiger partial charge in [-0.1, -0.05) is 12.1 Å². The highest BCUT2D eigenvalue weighted by Crippen LogP contribution is 2.04. The van der Waals surface area contributed by atoms with Gasteiger partial charge < -0.3 is 9.26 Å². The molecule has 0 aromatic carbocycles. The molecule has 0 aliphatic heterocycles. The number of carbonyl (C=O) groups is 1. The van der Waals surface area contributed by atoms with Crippen LogP contribution in [-0.4, -0.2) is 29.0 Å². The Kier molecular flexibility index (Phi) is 4.97. The third-order valence-electron chi connectivity index (χ3n) is 1.66. The van der Waals surface area contributed by atoms with Crippen molar-refractivity contribution in [3.05, 3.63) is 11.7 Å². The molecule has 0 bridgehead atoms. The van der Waals surface area contributed by atoms with Crippen molar-refractivity contribution in [3.63, 3.8) is 0 Å². The molecule has 1 aromatic heterocycles. The van der Waals surface area contributed by atoms with Crippen molar-refractivity contribution in [2.24, 2.45) is 0 Å². The molecule has 0 aliphatic rings. The molecule has 7 heteroatoms. The Morgan fingerprint density at radius 3 is 2.94 bits per heavy atom. The average Bonchev–Trinajstić information content (AvgIpc) is 2.66. The summed E-state index contributed by atoms with van der Waals surface area (Å²) in [5.41, 5.74) is 0. The minimum absolute atomic E-state index is 0.111. The minimum Gasteiger partial charge on any atom is -0.373 e. The van der Waals surface area contributed by atoms with E-state index in [1.165, 1.54) is 0 Å². The Balaban J connectivity index is 2.42. The lowest BCUT2D eigenvalue weighted by molar-refractivity contribution is -0.129. The zero-order valence-electron chi connectivity index (χ0n) is 8.78. The highest BCUT2D eigenvalue weighted by molar-refractivity contribution is 5.82. The van der Waals surface area contributed by atoms with Crippen LogP contribution in [0.15, 0.2) is 4.52 Å². The maximum absolute atomic E-state index is 11.9. The summed E-state index contributed by atoms with van der Waals surface area (Å²) in [5, 5.41) is 3.49. The van der Waals surface area contributed by atoms with Gasteiger partial charge in [-0.2, -0.15) is 4.98 Å². The Morgan fingerprint density at radius 1 is 1.56 bits per heavy atom. The summed E-state index contributed by atoms with van der Waals surface area (Å²) in [7, 11) is 0. The van der Waals surface area contributed by atoms with Crippen molar-refractivity contribution < 1.29 is 22.8 Å². The number of nitrogens with zero attached hydrogens (tertiary/aromatic N) is 2. The van der Waals surface area contributed by atoms with Crippen LogP contribution in [0.2, 0.25) is 0 Å². The van der Waals surface area contributed by atoms with Gasteiger partial charge in [0.1, 0.15) is 6.61 Å². The van der Waals surface area contributed by atoms with Crippen LogP contribution in [0, 0.1) is 0 Å².